The van der Waals surface area contributed by atoms with E-state index in [-0.39, 0.29) is 17.7 Å². The zero-order valence-corrected chi connectivity index (χ0v) is 17.4. The Morgan fingerprint density at radius 3 is 2.13 bits per heavy atom. The van der Waals surface area contributed by atoms with Crippen molar-refractivity contribution < 1.29 is 14.3 Å². The molecule has 0 saturated carbocycles. The van der Waals surface area contributed by atoms with Gasteiger partial charge in [0, 0.05) is 12.0 Å². The molecule has 3 rings (SSSR count). The zero-order chi connectivity index (χ0) is 21.3. The fourth-order valence-electron chi connectivity index (χ4n) is 3.20. The molecule has 1 N–H and O–H groups in total. The van der Waals surface area contributed by atoms with E-state index in [0.717, 1.165) is 11.1 Å². The highest BCUT2D eigenvalue weighted by atomic mass is 16.5. The zero-order valence-electron chi connectivity index (χ0n) is 17.4. The number of nitrogens with one attached hydrogen (secondary N) is 1. The highest BCUT2D eigenvalue weighted by molar-refractivity contribution is 5.94. The van der Waals surface area contributed by atoms with Crippen LogP contribution in [0.1, 0.15) is 48.7 Å². The molecule has 3 aromatic rings. The number of ether oxygens (including phenoxy) is 1. The first kappa shape index (κ1) is 21.3. The van der Waals surface area contributed by atoms with E-state index in [1.54, 1.807) is 24.3 Å². The van der Waals surface area contributed by atoms with Crippen LogP contribution in [0, 0.1) is 0 Å². The smallest absolute Gasteiger partial charge is 0.220 e. The van der Waals surface area contributed by atoms with Gasteiger partial charge in [0.15, 0.2) is 5.78 Å². The largest absolute Gasteiger partial charge is 0.494 e. The van der Waals surface area contributed by atoms with E-state index in [0.29, 0.717) is 30.8 Å². The molecule has 4 heteroatoms. The summed E-state index contributed by atoms with van der Waals surface area (Å²) in [6.45, 7) is 3.97. The Morgan fingerprint density at radius 2 is 1.50 bits per heavy atom. The molecule has 1 atom stereocenters. The topological polar surface area (TPSA) is 55.4 Å². The molecule has 1 amide bonds. The average molecular weight is 402 g/mol. The minimum absolute atomic E-state index is 0.00478. The Hall–Kier alpha value is -3.40. The van der Waals surface area contributed by atoms with Gasteiger partial charge in [-0.3, -0.25) is 9.59 Å². The number of carbonyl (C=O) groups excluding carboxylic acids is 2. The summed E-state index contributed by atoms with van der Waals surface area (Å²) >= 11 is 0. The van der Waals surface area contributed by atoms with Crippen molar-refractivity contribution in [3.63, 3.8) is 0 Å². The Bertz CT molecular complexity index is 963. The molecule has 4 nitrogen and oxygen atoms in total. The van der Waals surface area contributed by atoms with Crippen LogP contribution >= 0.6 is 0 Å². The Kier molecular flexibility index (Phi) is 7.39. The second kappa shape index (κ2) is 10.4. The van der Waals surface area contributed by atoms with Gasteiger partial charge >= 0.3 is 0 Å². The van der Waals surface area contributed by atoms with Crippen molar-refractivity contribution in [1.29, 1.82) is 0 Å². The third-order valence-electron chi connectivity index (χ3n) is 4.97. The maximum absolute atomic E-state index is 12.2. The van der Waals surface area contributed by atoms with E-state index in [1.807, 2.05) is 25.1 Å². The first-order valence-electron chi connectivity index (χ1n) is 10.2. The van der Waals surface area contributed by atoms with Gasteiger partial charge < -0.3 is 10.1 Å². The summed E-state index contributed by atoms with van der Waals surface area (Å²) in [5.74, 6) is 0.736. The second-order valence-electron chi connectivity index (χ2n) is 7.31. The van der Waals surface area contributed by atoms with Crippen LogP contribution in [0.15, 0.2) is 78.9 Å². The Morgan fingerprint density at radius 1 is 0.867 bits per heavy atom. The normalized spacial score (nSPS) is 11.5. The molecule has 0 spiro atoms. The molecule has 154 valence electrons. The van der Waals surface area contributed by atoms with E-state index in [2.05, 4.69) is 41.7 Å². The summed E-state index contributed by atoms with van der Waals surface area (Å²) in [4.78, 5) is 23.5. The summed E-state index contributed by atoms with van der Waals surface area (Å²) in [7, 11) is 0. The number of ketones is 1. The van der Waals surface area contributed by atoms with Crippen LogP contribution in [-0.2, 0) is 4.79 Å². The summed E-state index contributed by atoms with van der Waals surface area (Å²) < 4.78 is 5.64. The maximum atomic E-state index is 12.2. The molecule has 0 heterocycles. The number of amides is 1. The van der Waals surface area contributed by atoms with Gasteiger partial charge in [0.1, 0.15) is 5.75 Å². The molecule has 0 saturated heterocycles. The lowest BCUT2D eigenvalue weighted by molar-refractivity contribution is -0.121. The fourth-order valence-corrected chi connectivity index (χ4v) is 3.20. The summed E-state index contributed by atoms with van der Waals surface area (Å²) in [5, 5.41) is 3.04. The van der Waals surface area contributed by atoms with Crippen LogP contribution in [0.25, 0.3) is 11.1 Å². The maximum Gasteiger partial charge on any atom is 0.220 e. The lowest BCUT2D eigenvalue weighted by atomic mass is 10.0. The van der Waals surface area contributed by atoms with Crippen molar-refractivity contribution in [2.24, 2.45) is 0 Å². The number of benzene rings is 3. The van der Waals surface area contributed by atoms with E-state index in [4.69, 9.17) is 4.74 Å². The van der Waals surface area contributed by atoms with Gasteiger partial charge in [-0.1, -0.05) is 54.6 Å². The van der Waals surface area contributed by atoms with E-state index in [9.17, 15) is 9.59 Å². The predicted molar refractivity (Wildman–Crippen MR) is 120 cm³/mol. The van der Waals surface area contributed by atoms with Gasteiger partial charge in [-0.15, -0.1) is 0 Å². The molecular weight excluding hydrogens is 374 g/mol. The van der Waals surface area contributed by atoms with Crippen LogP contribution in [-0.4, -0.2) is 18.3 Å². The van der Waals surface area contributed by atoms with E-state index >= 15 is 0 Å². The number of Topliss-reactive ketones (excluding diaryl/α,β-unsaturated/α-hetero) is 1. The van der Waals surface area contributed by atoms with Crippen LogP contribution in [0.4, 0.5) is 0 Å². The van der Waals surface area contributed by atoms with Crippen LogP contribution in [0.5, 0.6) is 5.75 Å². The Balaban J connectivity index is 1.41. The lowest BCUT2D eigenvalue weighted by Gasteiger charge is -2.15. The third-order valence-corrected chi connectivity index (χ3v) is 4.97. The average Bonchev–Trinajstić information content (AvgIpc) is 2.77. The molecule has 0 bridgehead atoms. The molecule has 0 radical (unpaired) electrons. The minimum atomic E-state index is -0.0534. The highest BCUT2D eigenvalue weighted by Gasteiger charge is 2.10. The quantitative estimate of drug-likeness (QED) is 0.375. The standard InChI is InChI=1S/C26H27NO3/c1-19(21-10-12-24(13-11-21)23-7-4-3-5-8-23)27-26(29)9-6-18-30-25-16-14-22(15-17-25)20(2)28/h3-5,7-8,10-17,19H,6,9,18H2,1-2H3,(H,27,29)/t19-/m0/s1. The highest BCUT2D eigenvalue weighted by Crippen LogP contribution is 2.22. The molecule has 3 aromatic carbocycles. The van der Waals surface area contributed by atoms with Gasteiger partial charge in [-0.05, 0) is 61.2 Å². The van der Waals surface area contributed by atoms with Crippen molar-refractivity contribution >= 4 is 11.7 Å². The van der Waals surface area contributed by atoms with Gasteiger partial charge in [0.2, 0.25) is 5.91 Å². The molecular formula is C26H27NO3. The van der Waals surface area contributed by atoms with Crippen molar-refractivity contribution in [2.75, 3.05) is 6.61 Å². The van der Waals surface area contributed by atoms with Gasteiger partial charge in [-0.25, -0.2) is 0 Å². The van der Waals surface area contributed by atoms with Crippen LogP contribution < -0.4 is 10.1 Å². The molecule has 0 aliphatic carbocycles. The van der Waals surface area contributed by atoms with Crippen molar-refractivity contribution in [3.05, 3.63) is 90.0 Å². The van der Waals surface area contributed by atoms with Gasteiger partial charge in [0.05, 0.1) is 12.6 Å². The molecule has 0 aliphatic heterocycles. The first-order valence-corrected chi connectivity index (χ1v) is 10.2. The van der Waals surface area contributed by atoms with Crippen molar-refractivity contribution in [2.45, 2.75) is 32.7 Å². The van der Waals surface area contributed by atoms with Crippen molar-refractivity contribution in [1.82, 2.24) is 5.32 Å². The number of hydrogen-bond acceptors (Lipinski definition) is 3. The summed E-state index contributed by atoms with van der Waals surface area (Å²) in [6.07, 6.45) is 1.03. The molecule has 0 unspecified atom stereocenters. The predicted octanol–water partition coefficient (Wildman–Crippen LogP) is 5.59. The van der Waals surface area contributed by atoms with E-state index < -0.39 is 0 Å². The fraction of sp³-hybridized carbons (Fsp3) is 0.231. The molecule has 30 heavy (non-hydrogen) atoms. The second-order valence-corrected chi connectivity index (χ2v) is 7.31. The van der Waals surface area contributed by atoms with Gasteiger partial charge in [0.25, 0.3) is 0 Å². The van der Waals surface area contributed by atoms with E-state index in [1.165, 1.54) is 12.5 Å². The van der Waals surface area contributed by atoms with Gasteiger partial charge in [-0.2, -0.15) is 0 Å². The Labute approximate surface area is 177 Å². The monoisotopic (exact) mass is 401 g/mol. The first-order chi connectivity index (χ1) is 14.5. The summed E-state index contributed by atoms with van der Waals surface area (Å²) in [5.41, 5.74) is 4.07. The molecule has 0 aromatic heterocycles. The van der Waals surface area contributed by atoms with Crippen LogP contribution in [0.2, 0.25) is 0 Å². The number of rotatable bonds is 9. The molecule has 0 aliphatic rings. The van der Waals surface area contributed by atoms with Crippen molar-refractivity contribution in [3.8, 4) is 16.9 Å². The summed E-state index contributed by atoms with van der Waals surface area (Å²) in [6, 6.07) is 25.5. The van der Waals surface area contributed by atoms with Crippen LogP contribution in [0.3, 0.4) is 0 Å². The number of hydrogen-bond donors (Lipinski definition) is 1. The lowest BCUT2D eigenvalue weighted by Crippen LogP contribution is -2.26. The third kappa shape index (κ3) is 6.05. The number of carbonyl (C=O) groups is 2. The SMILES string of the molecule is CC(=O)c1ccc(OCCCC(=O)N[C@@H](C)c2ccc(-c3ccccc3)cc2)cc1. The minimum Gasteiger partial charge on any atom is -0.494 e. The molecule has 0 fully saturated rings.